The van der Waals surface area contributed by atoms with Crippen LogP contribution in [0.4, 0.5) is 0 Å². The van der Waals surface area contributed by atoms with E-state index >= 15 is 0 Å². The number of benzene rings is 2. The minimum absolute atomic E-state index is 0.193. The SMILES string of the molecule is CCCC1=C(C(=O)OCC)[C@@H](c2c(OC)ccc3ccccc23)n2c(s/c(=C/c3ccc(Sc4ncccn4)o3)c2=O)=N1. The van der Waals surface area contributed by atoms with Crippen LogP contribution in [0.25, 0.3) is 16.8 Å². The Bertz CT molecular complexity index is 2030. The van der Waals surface area contributed by atoms with Crippen molar-refractivity contribution in [2.24, 2.45) is 4.99 Å². The van der Waals surface area contributed by atoms with Gasteiger partial charge in [0.1, 0.15) is 17.6 Å². The average Bonchev–Trinajstić information content (AvgIpc) is 3.59. The molecule has 0 unspecified atom stereocenters. The molecule has 0 saturated carbocycles. The van der Waals surface area contributed by atoms with E-state index < -0.39 is 12.0 Å². The highest BCUT2D eigenvalue weighted by Crippen LogP contribution is 2.41. The Morgan fingerprint density at radius 2 is 1.91 bits per heavy atom. The molecule has 0 fully saturated rings. The van der Waals surface area contributed by atoms with Gasteiger partial charge in [0.15, 0.2) is 15.1 Å². The summed E-state index contributed by atoms with van der Waals surface area (Å²) in [7, 11) is 1.59. The number of fused-ring (bicyclic) bond motifs is 2. The summed E-state index contributed by atoms with van der Waals surface area (Å²) in [6, 6.07) is 16.2. The fourth-order valence-corrected chi connectivity index (χ4v) is 6.83. The molecule has 11 heteroatoms. The fourth-order valence-electron chi connectivity index (χ4n) is 5.15. The lowest BCUT2D eigenvalue weighted by Gasteiger charge is -2.28. The molecule has 4 heterocycles. The smallest absolute Gasteiger partial charge is 0.338 e. The van der Waals surface area contributed by atoms with E-state index in [1.165, 1.54) is 23.1 Å². The Kier molecular flexibility index (Phi) is 8.26. The molecule has 0 radical (unpaired) electrons. The van der Waals surface area contributed by atoms with Crippen LogP contribution in [0.15, 0.2) is 103 Å². The molecule has 43 heavy (non-hydrogen) atoms. The van der Waals surface area contributed by atoms with E-state index in [1.807, 2.05) is 49.4 Å². The van der Waals surface area contributed by atoms with Crippen LogP contribution in [-0.2, 0) is 9.53 Å². The molecule has 1 aliphatic heterocycles. The first-order chi connectivity index (χ1) is 21.0. The molecule has 5 aromatic rings. The molecule has 9 nitrogen and oxygen atoms in total. The number of methoxy groups -OCH3 is 1. The lowest BCUT2D eigenvalue weighted by atomic mass is 9.90. The van der Waals surface area contributed by atoms with E-state index in [-0.39, 0.29) is 12.2 Å². The number of nitrogens with zero attached hydrogens (tertiary/aromatic N) is 4. The molecular formula is C32H28N4O5S2. The number of allylic oxidation sites excluding steroid dienone is 1. The molecule has 218 valence electrons. The van der Waals surface area contributed by atoms with Gasteiger partial charge in [-0.25, -0.2) is 19.8 Å². The Hall–Kier alpha value is -4.48. The molecule has 3 aromatic heterocycles. The van der Waals surface area contributed by atoms with Gasteiger partial charge in [-0.2, -0.15) is 0 Å². The molecule has 0 amide bonds. The fraction of sp³-hybridized carbons (Fsp3) is 0.219. The second-order valence-corrected chi connectivity index (χ2v) is 11.6. The number of carbonyl (C=O) groups is 1. The molecule has 0 aliphatic carbocycles. The second kappa shape index (κ2) is 12.4. The molecule has 0 saturated heterocycles. The first-order valence-electron chi connectivity index (χ1n) is 13.8. The van der Waals surface area contributed by atoms with Gasteiger partial charge in [-0.15, -0.1) is 0 Å². The number of furan rings is 1. The van der Waals surface area contributed by atoms with Crippen LogP contribution in [0.2, 0.25) is 0 Å². The van der Waals surface area contributed by atoms with Gasteiger partial charge >= 0.3 is 5.97 Å². The van der Waals surface area contributed by atoms with Gasteiger partial charge in [0.2, 0.25) is 0 Å². The molecule has 1 aliphatic rings. The van der Waals surface area contributed by atoms with Gasteiger partial charge in [-0.3, -0.25) is 9.36 Å². The van der Waals surface area contributed by atoms with Crippen LogP contribution < -0.4 is 19.6 Å². The third-order valence-electron chi connectivity index (χ3n) is 6.93. The monoisotopic (exact) mass is 612 g/mol. The van der Waals surface area contributed by atoms with E-state index in [0.717, 1.165) is 17.2 Å². The van der Waals surface area contributed by atoms with Gasteiger partial charge in [0.05, 0.1) is 29.5 Å². The van der Waals surface area contributed by atoms with Crippen molar-refractivity contribution in [3.05, 3.63) is 109 Å². The van der Waals surface area contributed by atoms with E-state index in [2.05, 4.69) is 9.97 Å². The normalized spacial score (nSPS) is 15.0. The first kappa shape index (κ1) is 28.6. The van der Waals surface area contributed by atoms with Crippen molar-refractivity contribution in [3.63, 3.8) is 0 Å². The molecule has 0 N–H and O–H groups in total. The lowest BCUT2D eigenvalue weighted by Crippen LogP contribution is -2.40. The van der Waals surface area contributed by atoms with E-state index in [0.29, 0.717) is 54.3 Å². The molecule has 0 spiro atoms. The minimum Gasteiger partial charge on any atom is -0.496 e. The summed E-state index contributed by atoms with van der Waals surface area (Å²) in [5.41, 5.74) is 1.36. The maximum Gasteiger partial charge on any atom is 0.338 e. The number of ether oxygens (including phenoxy) is 2. The van der Waals surface area contributed by atoms with Gasteiger partial charge in [-0.05, 0) is 60.1 Å². The first-order valence-corrected chi connectivity index (χ1v) is 15.5. The second-order valence-electron chi connectivity index (χ2n) is 9.61. The van der Waals surface area contributed by atoms with Gasteiger partial charge < -0.3 is 13.9 Å². The van der Waals surface area contributed by atoms with Gasteiger partial charge in [0, 0.05) is 24.0 Å². The van der Waals surface area contributed by atoms with Crippen molar-refractivity contribution in [1.29, 1.82) is 0 Å². The van der Waals surface area contributed by atoms with Gasteiger partial charge in [0.25, 0.3) is 5.56 Å². The zero-order chi connectivity index (χ0) is 29.9. The van der Waals surface area contributed by atoms with Crippen molar-refractivity contribution in [1.82, 2.24) is 14.5 Å². The predicted octanol–water partition coefficient (Wildman–Crippen LogP) is 5.27. The summed E-state index contributed by atoms with van der Waals surface area (Å²) in [5.74, 6) is 0.565. The minimum atomic E-state index is -0.807. The number of carbonyl (C=O) groups excluding carboxylic acids is 1. The van der Waals surface area contributed by atoms with Crippen LogP contribution in [0.1, 0.15) is 44.1 Å². The van der Waals surface area contributed by atoms with Crippen molar-refractivity contribution in [3.8, 4) is 5.75 Å². The van der Waals surface area contributed by atoms with Crippen LogP contribution in [0.3, 0.4) is 0 Å². The summed E-state index contributed by atoms with van der Waals surface area (Å²) >= 11 is 2.54. The molecule has 6 rings (SSSR count). The quantitative estimate of drug-likeness (QED) is 0.164. The third kappa shape index (κ3) is 5.53. The highest BCUT2D eigenvalue weighted by Gasteiger charge is 2.37. The number of hydrogen-bond donors (Lipinski definition) is 0. The Morgan fingerprint density at radius 1 is 1.09 bits per heavy atom. The van der Waals surface area contributed by atoms with Crippen LogP contribution in [-0.4, -0.2) is 34.2 Å². The lowest BCUT2D eigenvalue weighted by molar-refractivity contribution is -0.139. The molecular weight excluding hydrogens is 585 g/mol. The van der Waals surface area contributed by atoms with E-state index in [1.54, 1.807) is 49.2 Å². The number of aromatic nitrogens is 3. The number of rotatable bonds is 9. The van der Waals surface area contributed by atoms with Crippen molar-refractivity contribution >= 4 is 45.9 Å². The average molecular weight is 613 g/mol. The van der Waals surface area contributed by atoms with Crippen LogP contribution >= 0.6 is 23.1 Å². The van der Waals surface area contributed by atoms with Crippen LogP contribution in [0.5, 0.6) is 5.75 Å². The van der Waals surface area contributed by atoms with Gasteiger partial charge in [-0.1, -0.05) is 55.0 Å². The molecule has 0 bridgehead atoms. The largest absolute Gasteiger partial charge is 0.496 e. The topological polar surface area (TPSA) is 109 Å². The summed E-state index contributed by atoms with van der Waals surface area (Å²) < 4.78 is 19.4. The Balaban J connectivity index is 1.56. The highest BCUT2D eigenvalue weighted by atomic mass is 32.2. The number of esters is 1. The predicted molar refractivity (Wildman–Crippen MR) is 165 cm³/mol. The zero-order valence-corrected chi connectivity index (χ0v) is 25.4. The number of thiazole rings is 1. The zero-order valence-electron chi connectivity index (χ0n) is 23.8. The number of hydrogen-bond acceptors (Lipinski definition) is 10. The molecule has 2 aromatic carbocycles. The highest BCUT2D eigenvalue weighted by molar-refractivity contribution is 7.99. The molecule has 1 atom stereocenters. The van der Waals surface area contributed by atoms with E-state index in [9.17, 15) is 9.59 Å². The maximum atomic E-state index is 14.2. The third-order valence-corrected chi connectivity index (χ3v) is 8.72. The summed E-state index contributed by atoms with van der Waals surface area (Å²) in [6.45, 7) is 3.99. The van der Waals surface area contributed by atoms with Crippen molar-refractivity contribution < 1.29 is 18.7 Å². The summed E-state index contributed by atoms with van der Waals surface area (Å²) in [5, 5.41) is 2.98. The van der Waals surface area contributed by atoms with Crippen molar-refractivity contribution in [2.75, 3.05) is 13.7 Å². The Labute approximate surface area is 255 Å². The summed E-state index contributed by atoms with van der Waals surface area (Å²) in [6.07, 6.45) is 6.33. The summed E-state index contributed by atoms with van der Waals surface area (Å²) in [4.78, 5) is 41.7. The van der Waals surface area contributed by atoms with Crippen molar-refractivity contribution in [2.45, 2.75) is 43.0 Å². The standard InChI is InChI=1S/C32H28N4O5S2/c1-4-9-22-27(30(38)40-5-2)28(26-21-11-7-6-10-19(21)12-14-23(26)39-3)36-29(37)24(42-32(36)35-22)18-20-13-15-25(41-20)43-31-33-16-8-17-34-31/h6-8,10-18,28H,4-5,9H2,1-3H3/b24-18+/t28-/m1/s1. The van der Waals surface area contributed by atoms with E-state index in [4.69, 9.17) is 18.9 Å². The maximum absolute atomic E-state index is 14.2. The Morgan fingerprint density at radius 3 is 2.67 bits per heavy atom. The van der Waals surface area contributed by atoms with Crippen LogP contribution in [0, 0.1) is 0 Å².